The number of aromatic nitrogens is 1. The number of rotatable bonds is 7. The van der Waals surface area contributed by atoms with E-state index >= 15 is 0 Å². The summed E-state index contributed by atoms with van der Waals surface area (Å²) in [4.78, 5) is 29.2. The van der Waals surface area contributed by atoms with Crippen molar-refractivity contribution in [1.82, 2.24) is 14.4 Å². The van der Waals surface area contributed by atoms with Gasteiger partial charge in [0.15, 0.2) is 0 Å². The molecule has 0 aliphatic carbocycles. The average molecular weight is 576 g/mol. The largest absolute Gasteiger partial charge is 0.464 e. The lowest BCUT2D eigenvalue weighted by Crippen LogP contribution is -2.38. The molecule has 8 heteroatoms. The minimum absolute atomic E-state index is 0.0746. The predicted molar refractivity (Wildman–Crippen MR) is 162 cm³/mol. The molecule has 2 fully saturated rings. The molecule has 41 heavy (non-hydrogen) atoms. The number of para-hydroxylation sites is 1. The number of benzene rings is 2. The first-order valence-electron chi connectivity index (χ1n) is 14.4. The number of hydrogen-bond acceptors (Lipinski definition) is 5. The summed E-state index contributed by atoms with van der Waals surface area (Å²) in [5.74, 6) is 0.575. The molecular weight excluding hydrogens is 537 g/mol. The van der Waals surface area contributed by atoms with Gasteiger partial charge in [0, 0.05) is 38.1 Å². The first-order valence-corrected chi connectivity index (χ1v) is 15.4. The lowest BCUT2D eigenvalue weighted by atomic mass is 9.89. The van der Waals surface area contributed by atoms with Gasteiger partial charge in [-0.3, -0.25) is 9.59 Å². The highest BCUT2D eigenvalue weighted by Gasteiger charge is 2.31. The highest BCUT2D eigenvalue weighted by Crippen LogP contribution is 2.30. The zero-order valence-electron chi connectivity index (χ0n) is 23.6. The lowest BCUT2D eigenvalue weighted by Gasteiger charge is -2.33. The molecule has 1 amide bonds. The summed E-state index contributed by atoms with van der Waals surface area (Å²) in [6.07, 6.45) is 5.15. The van der Waals surface area contributed by atoms with Crippen LogP contribution in [0.5, 0.6) is 0 Å². The summed E-state index contributed by atoms with van der Waals surface area (Å²) in [5, 5.41) is 5.10. The van der Waals surface area contributed by atoms with Crippen LogP contribution >= 0.6 is 11.3 Å². The molecule has 0 bridgehead atoms. The summed E-state index contributed by atoms with van der Waals surface area (Å²) >= 11 is 1.71. The third kappa shape index (κ3) is 7.63. The van der Waals surface area contributed by atoms with E-state index in [-0.39, 0.29) is 24.3 Å². The van der Waals surface area contributed by atoms with Crippen molar-refractivity contribution in [2.75, 3.05) is 39.3 Å². The van der Waals surface area contributed by atoms with Gasteiger partial charge < -0.3 is 19.1 Å². The summed E-state index contributed by atoms with van der Waals surface area (Å²) < 4.78 is 20.4. The second-order valence-electron chi connectivity index (χ2n) is 10.9. The zero-order chi connectivity index (χ0) is 28.6. The predicted octanol–water partition coefficient (Wildman–Crippen LogP) is 6.43. The van der Waals surface area contributed by atoms with Gasteiger partial charge in [-0.1, -0.05) is 36.4 Å². The van der Waals surface area contributed by atoms with Crippen LogP contribution in [-0.4, -0.2) is 65.6 Å². The normalized spacial score (nSPS) is 17.8. The Balaban J connectivity index is 0.000000610. The second kappa shape index (κ2) is 13.9. The summed E-state index contributed by atoms with van der Waals surface area (Å²) in [7, 11) is 0. The van der Waals surface area contributed by atoms with E-state index in [9.17, 15) is 14.0 Å². The molecule has 2 aliphatic rings. The molecule has 0 radical (unpaired) electrons. The number of fused-ring (bicyclic) bond motifs is 1. The number of hydrogen-bond donors (Lipinski definition) is 0. The number of carbonyl (C=O) groups is 2. The highest BCUT2D eigenvalue weighted by atomic mass is 32.1. The molecule has 0 saturated carbocycles. The minimum atomic E-state index is -0.300. The molecule has 2 aliphatic heterocycles. The van der Waals surface area contributed by atoms with E-state index in [1.807, 2.05) is 75.0 Å². The number of thiophene rings is 1. The Morgan fingerprint density at radius 2 is 1.71 bits per heavy atom. The van der Waals surface area contributed by atoms with Crippen molar-refractivity contribution in [2.24, 2.45) is 5.92 Å². The van der Waals surface area contributed by atoms with Crippen LogP contribution in [0.4, 0.5) is 4.39 Å². The zero-order valence-corrected chi connectivity index (χ0v) is 24.4. The van der Waals surface area contributed by atoms with Crippen LogP contribution in [0.25, 0.3) is 10.9 Å². The molecule has 0 spiro atoms. The molecule has 6 nitrogen and oxygen atoms in total. The number of piperidine rings is 1. The Labute approximate surface area is 245 Å². The van der Waals surface area contributed by atoms with Crippen molar-refractivity contribution in [3.8, 4) is 0 Å². The Kier molecular flexibility index (Phi) is 9.85. The van der Waals surface area contributed by atoms with Crippen molar-refractivity contribution in [1.29, 1.82) is 0 Å². The number of carbonyl (C=O) groups excluding carboxylic acids is 2. The fourth-order valence-electron chi connectivity index (χ4n) is 6.02. The number of ether oxygens (including phenoxy) is 1. The van der Waals surface area contributed by atoms with Crippen LogP contribution in [0.15, 0.2) is 77.6 Å². The number of nitrogens with zero attached hydrogens (tertiary/aromatic N) is 3. The third-order valence-corrected chi connectivity index (χ3v) is 8.73. The molecule has 2 aromatic heterocycles. The highest BCUT2D eigenvalue weighted by molar-refractivity contribution is 7.07. The van der Waals surface area contributed by atoms with Gasteiger partial charge in [-0.05, 0) is 84.8 Å². The van der Waals surface area contributed by atoms with E-state index in [2.05, 4.69) is 4.90 Å². The SMILES string of the molecule is CC(=O)OCCn1ccc2cccc(C(=O)N3CC[C@H](CN4CCC(c5ccc(F)cc5)CC4)C3)c21.c1ccsc1. The van der Waals surface area contributed by atoms with Gasteiger partial charge in [-0.15, -0.1) is 0 Å². The van der Waals surface area contributed by atoms with Crippen molar-refractivity contribution >= 4 is 34.1 Å². The monoisotopic (exact) mass is 575 g/mol. The van der Waals surface area contributed by atoms with Crippen LogP contribution in [0, 0.1) is 11.7 Å². The van der Waals surface area contributed by atoms with Gasteiger partial charge in [0.1, 0.15) is 12.4 Å². The maximum absolute atomic E-state index is 13.5. The third-order valence-electron chi connectivity index (χ3n) is 8.10. The lowest BCUT2D eigenvalue weighted by molar-refractivity contribution is -0.141. The van der Waals surface area contributed by atoms with Gasteiger partial charge >= 0.3 is 5.97 Å². The van der Waals surface area contributed by atoms with Gasteiger partial charge in [0.25, 0.3) is 5.91 Å². The molecule has 1 atom stereocenters. The van der Waals surface area contributed by atoms with Crippen LogP contribution in [0.3, 0.4) is 0 Å². The van der Waals surface area contributed by atoms with Crippen molar-refractivity contribution < 1.29 is 18.7 Å². The Morgan fingerprint density at radius 3 is 2.39 bits per heavy atom. The fraction of sp³-hybridized carbons (Fsp3) is 0.394. The van der Waals surface area contributed by atoms with E-state index in [4.69, 9.17) is 4.74 Å². The smallest absolute Gasteiger partial charge is 0.302 e. The number of esters is 1. The first-order chi connectivity index (χ1) is 20.0. The minimum Gasteiger partial charge on any atom is -0.464 e. The van der Waals surface area contributed by atoms with E-state index in [0.29, 0.717) is 23.9 Å². The molecule has 2 saturated heterocycles. The topological polar surface area (TPSA) is 54.8 Å². The van der Waals surface area contributed by atoms with E-state index in [1.54, 1.807) is 23.5 Å². The molecule has 4 aromatic rings. The fourth-order valence-corrected chi connectivity index (χ4v) is 6.47. The molecular formula is C33H38FN3O3S. The van der Waals surface area contributed by atoms with Crippen molar-refractivity contribution in [3.05, 3.63) is 94.6 Å². The van der Waals surface area contributed by atoms with Crippen LogP contribution < -0.4 is 0 Å². The maximum Gasteiger partial charge on any atom is 0.302 e. The molecule has 0 N–H and O–H groups in total. The molecule has 216 valence electrons. The molecule has 2 aromatic carbocycles. The van der Waals surface area contributed by atoms with Crippen LogP contribution in [0.1, 0.15) is 48.0 Å². The number of halogens is 1. The number of likely N-dealkylation sites (tertiary alicyclic amines) is 2. The second-order valence-corrected chi connectivity index (χ2v) is 11.7. The van der Waals surface area contributed by atoms with Gasteiger partial charge in [0.2, 0.25) is 0 Å². The molecule has 6 rings (SSSR count). The number of amides is 1. The van der Waals surface area contributed by atoms with Crippen molar-refractivity contribution in [3.63, 3.8) is 0 Å². The van der Waals surface area contributed by atoms with Crippen molar-refractivity contribution in [2.45, 2.75) is 38.6 Å². The van der Waals surface area contributed by atoms with Gasteiger partial charge in [-0.2, -0.15) is 11.3 Å². The standard InChI is InChI=1S/C29H34FN3O3.C4H4S/c1-21(34)36-18-17-32-16-12-25-3-2-4-27(28(25)32)29(35)33-15-9-22(20-33)19-31-13-10-24(11-14-31)23-5-7-26(30)8-6-23;1-2-4-5-3-1/h2-8,12,16,22,24H,9-11,13-15,17-20H2,1H3;1-4H/t22-;/m1./s1. The first kappa shape index (κ1) is 29.0. The van der Waals surface area contributed by atoms with Crippen LogP contribution in [0.2, 0.25) is 0 Å². The maximum atomic E-state index is 13.5. The Morgan fingerprint density at radius 1 is 0.951 bits per heavy atom. The van der Waals surface area contributed by atoms with E-state index < -0.39 is 0 Å². The van der Waals surface area contributed by atoms with Gasteiger partial charge in [0.05, 0.1) is 17.6 Å². The summed E-state index contributed by atoms with van der Waals surface area (Å²) in [6.45, 7) is 6.86. The van der Waals surface area contributed by atoms with E-state index in [0.717, 1.165) is 62.9 Å². The molecule has 4 heterocycles. The quantitative estimate of drug-likeness (QED) is 0.238. The van der Waals surface area contributed by atoms with E-state index in [1.165, 1.54) is 12.5 Å². The summed E-state index contributed by atoms with van der Waals surface area (Å²) in [5.41, 5.74) is 2.85. The molecule has 0 unspecified atom stereocenters. The van der Waals surface area contributed by atoms with Gasteiger partial charge in [-0.25, -0.2) is 4.39 Å². The Hall–Kier alpha value is -3.49. The van der Waals surface area contributed by atoms with Crippen LogP contribution in [-0.2, 0) is 16.1 Å². The Bertz CT molecular complexity index is 1390. The average Bonchev–Trinajstić information content (AvgIpc) is 3.77. The summed E-state index contributed by atoms with van der Waals surface area (Å²) in [6, 6.07) is 18.8.